The zero-order chi connectivity index (χ0) is 12.0. The van der Waals surface area contributed by atoms with Crippen molar-refractivity contribution in [3.8, 4) is 0 Å². The zero-order valence-corrected chi connectivity index (χ0v) is 11.2. The highest BCUT2D eigenvalue weighted by atomic mass is 32.2. The van der Waals surface area contributed by atoms with E-state index in [1.54, 1.807) is 11.3 Å². The molecule has 1 aromatic heterocycles. The van der Waals surface area contributed by atoms with Crippen LogP contribution in [0, 0.1) is 6.92 Å². The van der Waals surface area contributed by atoms with Gasteiger partial charge in [0, 0.05) is 6.42 Å². The topological polar surface area (TPSA) is 51.8 Å². The van der Waals surface area contributed by atoms with Gasteiger partial charge in [0.25, 0.3) is 0 Å². The van der Waals surface area contributed by atoms with Crippen molar-refractivity contribution < 1.29 is 0 Å². The molecule has 1 rings (SSSR count). The number of unbranched alkanes of at least 4 members (excludes halogenated alkanes) is 1. The van der Waals surface area contributed by atoms with Crippen LogP contribution in [0.4, 0.5) is 0 Å². The first-order valence-electron chi connectivity index (χ1n) is 5.17. The SMILES string of the molecule is C=C(N)SC(=C)CCCCc1nnc(C)s1. The third-order valence-corrected chi connectivity index (χ3v) is 3.59. The van der Waals surface area contributed by atoms with E-state index in [1.807, 2.05) is 6.92 Å². The van der Waals surface area contributed by atoms with Crippen molar-refractivity contribution in [2.45, 2.75) is 32.6 Å². The van der Waals surface area contributed by atoms with Gasteiger partial charge < -0.3 is 5.73 Å². The molecule has 0 aliphatic carbocycles. The number of allylic oxidation sites excluding steroid dienone is 1. The number of aromatic nitrogens is 2. The summed E-state index contributed by atoms with van der Waals surface area (Å²) in [5.74, 6) is 0. The van der Waals surface area contributed by atoms with Crippen LogP contribution in [0.25, 0.3) is 0 Å². The Morgan fingerprint density at radius 3 is 2.69 bits per heavy atom. The highest BCUT2D eigenvalue weighted by Crippen LogP contribution is 2.23. The quantitative estimate of drug-likeness (QED) is 0.760. The molecule has 88 valence electrons. The normalized spacial score (nSPS) is 10.3. The van der Waals surface area contributed by atoms with Gasteiger partial charge in [0.05, 0.1) is 5.03 Å². The van der Waals surface area contributed by atoms with Crippen LogP contribution in [0.2, 0.25) is 0 Å². The molecule has 5 heteroatoms. The smallest absolute Gasteiger partial charge is 0.117 e. The Hall–Kier alpha value is -0.810. The molecule has 0 atom stereocenters. The Morgan fingerprint density at radius 1 is 1.38 bits per heavy atom. The van der Waals surface area contributed by atoms with Gasteiger partial charge in [-0.05, 0) is 31.1 Å². The molecular weight excluding hydrogens is 238 g/mol. The standard InChI is InChI=1S/C11H17N3S2/c1-8(15-9(2)12)6-4-5-7-11-14-13-10(3)16-11/h1-2,4-7,12H2,3H3. The lowest BCUT2D eigenvalue weighted by atomic mass is 10.2. The van der Waals surface area contributed by atoms with Crippen LogP contribution >= 0.6 is 23.1 Å². The van der Waals surface area contributed by atoms with Gasteiger partial charge in [-0.25, -0.2) is 0 Å². The van der Waals surface area contributed by atoms with Crippen LogP contribution in [0.1, 0.15) is 29.3 Å². The monoisotopic (exact) mass is 255 g/mol. The summed E-state index contributed by atoms with van der Waals surface area (Å²) in [5.41, 5.74) is 5.48. The van der Waals surface area contributed by atoms with E-state index >= 15 is 0 Å². The van der Waals surface area contributed by atoms with E-state index < -0.39 is 0 Å². The molecule has 0 aliphatic rings. The van der Waals surface area contributed by atoms with Crippen molar-refractivity contribution in [3.63, 3.8) is 0 Å². The minimum atomic E-state index is 0.616. The zero-order valence-electron chi connectivity index (χ0n) is 9.53. The summed E-state index contributed by atoms with van der Waals surface area (Å²) >= 11 is 3.14. The van der Waals surface area contributed by atoms with Crippen LogP contribution in [0.5, 0.6) is 0 Å². The predicted molar refractivity (Wildman–Crippen MR) is 72.3 cm³/mol. The van der Waals surface area contributed by atoms with Gasteiger partial charge in [-0.1, -0.05) is 24.9 Å². The van der Waals surface area contributed by atoms with E-state index in [1.165, 1.54) is 11.8 Å². The van der Waals surface area contributed by atoms with Crippen molar-refractivity contribution in [2.75, 3.05) is 0 Å². The van der Waals surface area contributed by atoms with Crippen LogP contribution in [0.15, 0.2) is 23.1 Å². The average Bonchev–Trinajstić information content (AvgIpc) is 2.58. The second-order valence-corrected chi connectivity index (χ2v) is 6.10. The first-order valence-corrected chi connectivity index (χ1v) is 6.80. The summed E-state index contributed by atoms with van der Waals surface area (Å²) in [6, 6.07) is 0. The molecular formula is C11H17N3S2. The molecule has 0 aromatic carbocycles. The van der Waals surface area contributed by atoms with E-state index in [4.69, 9.17) is 5.73 Å². The second kappa shape index (κ2) is 6.70. The van der Waals surface area contributed by atoms with Crippen LogP contribution in [0.3, 0.4) is 0 Å². The lowest BCUT2D eigenvalue weighted by Gasteiger charge is -2.03. The Kier molecular flexibility index (Phi) is 5.55. The number of aryl methyl sites for hydroxylation is 2. The highest BCUT2D eigenvalue weighted by Gasteiger charge is 2.01. The van der Waals surface area contributed by atoms with Crippen LogP contribution in [-0.2, 0) is 6.42 Å². The summed E-state index contributed by atoms with van der Waals surface area (Å²) in [6.07, 6.45) is 4.22. The number of hydrogen-bond donors (Lipinski definition) is 1. The first kappa shape index (κ1) is 13.3. The van der Waals surface area contributed by atoms with E-state index in [2.05, 4.69) is 23.4 Å². The summed E-state index contributed by atoms with van der Waals surface area (Å²) < 4.78 is 0. The van der Waals surface area contributed by atoms with Crippen LogP contribution in [-0.4, -0.2) is 10.2 Å². The van der Waals surface area contributed by atoms with E-state index in [-0.39, 0.29) is 0 Å². The molecule has 0 fully saturated rings. The molecule has 0 saturated carbocycles. The highest BCUT2D eigenvalue weighted by molar-refractivity contribution is 8.06. The minimum absolute atomic E-state index is 0.616. The minimum Gasteiger partial charge on any atom is -0.394 e. The fourth-order valence-electron chi connectivity index (χ4n) is 1.27. The van der Waals surface area contributed by atoms with Gasteiger partial charge in [0.1, 0.15) is 10.0 Å². The molecule has 2 N–H and O–H groups in total. The lowest BCUT2D eigenvalue weighted by molar-refractivity contribution is 0.734. The predicted octanol–water partition coefficient (Wildman–Crippen LogP) is 3.24. The summed E-state index contributed by atoms with van der Waals surface area (Å²) in [6.45, 7) is 9.56. The third kappa shape index (κ3) is 5.32. The molecule has 0 aliphatic heterocycles. The molecule has 1 aromatic rings. The number of thioether (sulfide) groups is 1. The third-order valence-electron chi connectivity index (χ3n) is 1.94. The van der Waals surface area contributed by atoms with Crippen molar-refractivity contribution in [1.29, 1.82) is 0 Å². The maximum Gasteiger partial charge on any atom is 0.117 e. The van der Waals surface area contributed by atoms with Gasteiger partial charge in [0.2, 0.25) is 0 Å². The Morgan fingerprint density at radius 2 is 2.12 bits per heavy atom. The largest absolute Gasteiger partial charge is 0.394 e. The number of hydrogen-bond acceptors (Lipinski definition) is 5. The number of nitrogens with two attached hydrogens (primary N) is 1. The average molecular weight is 255 g/mol. The lowest BCUT2D eigenvalue weighted by Crippen LogP contribution is -1.90. The fourth-order valence-corrected chi connectivity index (χ4v) is 2.64. The molecule has 1 heterocycles. The second-order valence-electron chi connectivity index (χ2n) is 3.53. The maximum absolute atomic E-state index is 5.48. The maximum atomic E-state index is 5.48. The Labute approximate surface area is 105 Å². The van der Waals surface area contributed by atoms with Gasteiger partial charge in [-0.2, -0.15) is 0 Å². The van der Waals surface area contributed by atoms with Gasteiger partial charge >= 0.3 is 0 Å². The molecule has 0 radical (unpaired) electrons. The van der Waals surface area contributed by atoms with Crippen molar-refractivity contribution in [2.24, 2.45) is 5.73 Å². The Bertz CT molecular complexity index is 371. The van der Waals surface area contributed by atoms with Crippen molar-refractivity contribution in [1.82, 2.24) is 10.2 Å². The molecule has 0 saturated heterocycles. The number of rotatable bonds is 7. The summed E-state index contributed by atoms with van der Waals surface area (Å²) in [4.78, 5) is 1.08. The van der Waals surface area contributed by atoms with Crippen molar-refractivity contribution in [3.05, 3.63) is 33.1 Å². The van der Waals surface area contributed by atoms with Gasteiger partial charge in [-0.3, -0.25) is 0 Å². The fraction of sp³-hybridized carbons (Fsp3) is 0.455. The van der Waals surface area contributed by atoms with Crippen LogP contribution < -0.4 is 5.73 Å². The molecule has 0 spiro atoms. The summed E-state index contributed by atoms with van der Waals surface area (Å²) in [5, 5.41) is 10.9. The van der Waals surface area contributed by atoms with Gasteiger partial charge in [-0.15, -0.1) is 21.5 Å². The molecule has 3 nitrogen and oxygen atoms in total. The van der Waals surface area contributed by atoms with E-state index in [0.29, 0.717) is 5.03 Å². The summed E-state index contributed by atoms with van der Waals surface area (Å²) in [7, 11) is 0. The molecule has 0 bridgehead atoms. The molecule has 0 unspecified atom stereocenters. The molecule has 0 amide bonds. The van der Waals surface area contributed by atoms with Gasteiger partial charge in [0.15, 0.2) is 0 Å². The Balaban J connectivity index is 2.12. The van der Waals surface area contributed by atoms with E-state index in [9.17, 15) is 0 Å². The number of nitrogens with zero attached hydrogens (tertiary/aromatic N) is 2. The molecule has 16 heavy (non-hydrogen) atoms. The first-order chi connectivity index (χ1) is 7.58. The van der Waals surface area contributed by atoms with Crippen molar-refractivity contribution >= 4 is 23.1 Å². The van der Waals surface area contributed by atoms with E-state index in [0.717, 1.165) is 40.6 Å².